The number of ketones is 1. The van der Waals surface area contributed by atoms with Crippen molar-refractivity contribution in [2.24, 2.45) is 11.7 Å². The molecule has 7 unspecified atom stereocenters. The first-order chi connectivity index (χ1) is 22.4. The van der Waals surface area contributed by atoms with E-state index in [1.807, 2.05) is 76.3 Å². The zero-order chi connectivity index (χ0) is 34.8. The molecule has 47 heavy (non-hydrogen) atoms. The SMILES string of the molecule is C/C=C/C=C/C=C/C=C/C[C@@H](CC1OC(CCCCCC(=O)CCCC(=O)OC(C)C)C[C@H](O)[C@H]1C)OC1OC(C)C(O)C(N)C1O. The van der Waals surface area contributed by atoms with Crippen LogP contribution in [0.1, 0.15) is 105 Å². The number of aliphatic hydroxyl groups excluding tert-OH is 3. The summed E-state index contributed by atoms with van der Waals surface area (Å²) in [4.78, 5) is 23.9. The van der Waals surface area contributed by atoms with Gasteiger partial charge in [0.1, 0.15) is 11.9 Å². The predicted octanol–water partition coefficient (Wildman–Crippen LogP) is 4.99. The molecule has 2 fully saturated rings. The standard InChI is InChI=1S/C37H61NO9/c1-6-7-8-9-10-11-12-15-21-30(47-37-36(43)34(38)35(42)27(5)45-37)24-32-26(4)31(40)23-29(46-32)20-16-13-14-18-28(39)19-17-22-33(41)44-25(2)3/h6-12,15,25-27,29-32,34-37,40,42-43H,13-14,16-24,38H2,1-5H3/b7-6+,9-8+,11-10+,15-12+/t26-,27?,29?,30+,31+,32?,34?,35?,36?,37?/m1/s1. The topological polar surface area (TPSA) is 158 Å². The molecule has 2 aliphatic heterocycles. The van der Waals surface area contributed by atoms with Crippen LogP contribution in [0.2, 0.25) is 0 Å². The van der Waals surface area contributed by atoms with E-state index in [0.29, 0.717) is 38.5 Å². The lowest BCUT2D eigenvalue weighted by atomic mass is 9.85. The highest BCUT2D eigenvalue weighted by molar-refractivity contribution is 5.79. The monoisotopic (exact) mass is 663 g/mol. The van der Waals surface area contributed by atoms with Crippen LogP contribution in [0.3, 0.4) is 0 Å². The molecule has 0 spiro atoms. The summed E-state index contributed by atoms with van der Waals surface area (Å²) in [5.74, 6) is -0.212. The van der Waals surface area contributed by atoms with E-state index in [2.05, 4.69) is 0 Å². The van der Waals surface area contributed by atoms with Crippen LogP contribution < -0.4 is 5.73 Å². The highest BCUT2D eigenvalue weighted by Gasteiger charge is 2.43. The molecular formula is C37H61NO9. The summed E-state index contributed by atoms with van der Waals surface area (Å²) >= 11 is 0. The van der Waals surface area contributed by atoms with E-state index in [-0.39, 0.29) is 42.4 Å². The second-order valence-corrected chi connectivity index (χ2v) is 13.2. The van der Waals surface area contributed by atoms with Crippen LogP contribution in [0, 0.1) is 5.92 Å². The normalized spacial score (nSPS) is 31.1. The maximum Gasteiger partial charge on any atom is 0.306 e. The van der Waals surface area contributed by atoms with Crippen LogP contribution >= 0.6 is 0 Å². The van der Waals surface area contributed by atoms with Gasteiger partial charge in [-0.3, -0.25) is 9.59 Å². The van der Waals surface area contributed by atoms with E-state index in [1.165, 1.54) is 0 Å². The van der Waals surface area contributed by atoms with Crippen LogP contribution in [0.5, 0.6) is 0 Å². The molecule has 0 aromatic heterocycles. The van der Waals surface area contributed by atoms with Crippen LogP contribution in [-0.4, -0.2) is 88.2 Å². The number of aliphatic hydroxyl groups is 3. The smallest absolute Gasteiger partial charge is 0.306 e. The summed E-state index contributed by atoms with van der Waals surface area (Å²) in [6, 6.07) is -0.897. The third kappa shape index (κ3) is 15.7. The minimum Gasteiger partial charge on any atom is -0.463 e. The second-order valence-electron chi connectivity index (χ2n) is 13.2. The van der Waals surface area contributed by atoms with Gasteiger partial charge in [-0.15, -0.1) is 0 Å². The molecule has 2 rings (SSSR count). The number of nitrogens with two attached hydrogens (primary N) is 1. The minimum absolute atomic E-state index is 0.114. The van der Waals surface area contributed by atoms with E-state index in [4.69, 9.17) is 24.7 Å². The van der Waals surface area contributed by atoms with Crippen LogP contribution in [-0.2, 0) is 28.5 Å². The number of esters is 1. The Hall–Kier alpha value is -2.18. The van der Waals surface area contributed by atoms with Gasteiger partial charge < -0.3 is 40.0 Å². The van der Waals surface area contributed by atoms with Gasteiger partial charge in [-0.05, 0) is 59.8 Å². The van der Waals surface area contributed by atoms with Gasteiger partial charge in [0.15, 0.2) is 6.29 Å². The number of ether oxygens (including phenoxy) is 4. The van der Waals surface area contributed by atoms with Crippen molar-refractivity contribution in [3.63, 3.8) is 0 Å². The number of Topliss-reactive ketones (excluding diaryl/α,β-unsaturated/α-hetero) is 1. The molecule has 2 heterocycles. The summed E-state index contributed by atoms with van der Waals surface area (Å²) in [6.45, 7) is 9.25. The van der Waals surface area contributed by atoms with E-state index in [9.17, 15) is 24.9 Å². The quantitative estimate of drug-likeness (QED) is 0.0795. The molecule has 0 radical (unpaired) electrons. The Morgan fingerprint density at radius 3 is 2.28 bits per heavy atom. The molecule has 10 heteroatoms. The van der Waals surface area contributed by atoms with E-state index in [1.54, 1.807) is 6.92 Å². The lowest BCUT2D eigenvalue weighted by Gasteiger charge is -2.43. The van der Waals surface area contributed by atoms with Crippen molar-refractivity contribution in [3.8, 4) is 0 Å². The molecule has 0 saturated carbocycles. The fourth-order valence-corrected chi connectivity index (χ4v) is 5.88. The van der Waals surface area contributed by atoms with Crippen LogP contribution in [0.4, 0.5) is 0 Å². The Morgan fingerprint density at radius 2 is 1.57 bits per heavy atom. The first kappa shape index (κ1) is 41.0. The van der Waals surface area contributed by atoms with Crippen molar-refractivity contribution in [2.75, 3.05) is 0 Å². The number of unbranched alkanes of at least 4 members (excludes halogenated alkanes) is 2. The molecule has 0 amide bonds. The molecule has 10 atom stereocenters. The summed E-state index contributed by atoms with van der Waals surface area (Å²) in [6.07, 6.45) is 16.8. The Morgan fingerprint density at radius 1 is 0.894 bits per heavy atom. The first-order valence-corrected chi connectivity index (χ1v) is 17.5. The zero-order valence-corrected chi connectivity index (χ0v) is 29.1. The molecule has 0 aliphatic carbocycles. The van der Waals surface area contributed by atoms with Crippen molar-refractivity contribution in [2.45, 2.75) is 166 Å². The van der Waals surface area contributed by atoms with Crippen molar-refractivity contribution in [1.29, 1.82) is 0 Å². The van der Waals surface area contributed by atoms with E-state index < -0.39 is 42.9 Å². The molecule has 0 aromatic carbocycles. The van der Waals surface area contributed by atoms with Crippen molar-refractivity contribution in [3.05, 3.63) is 48.6 Å². The van der Waals surface area contributed by atoms with Crippen LogP contribution in [0.15, 0.2) is 48.6 Å². The van der Waals surface area contributed by atoms with E-state index in [0.717, 1.165) is 25.7 Å². The number of allylic oxidation sites excluding steroid dienone is 7. The van der Waals surface area contributed by atoms with E-state index >= 15 is 0 Å². The zero-order valence-electron chi connectivity index (χ0n) is 29.1. The van der Waals surface area contributed by atoms with Gasteiger partial charge in [0, 0.05) is 31.6 Å². The molecule has 2 saturated heterocycles. The van der Waals surface area contributed by atoms with Gasteiger partial charge in [-0.25, -0.2) is 0 Å². The fourth-order valence-electron chi connectivity index (χ4n) is 5.88. The molecular weight excluding hydrogens is 602 g/mol. The highest BCUT2D eigenvalue weighted by atomic mass is 16.7. The van der Waals surface area contributed by atoms with Crippen LogP contribution in [0.25, 0.3) is 0 Å². The lowest BCUT2D eigenvalue weighted by Crippen LogP contribution is -2.61. The van der Waals surface area contributed by atoms with Crippen molar-refractivity contribution < 1.29 is 43.9 Å². The Kier molecular flexibility index (Phi) is 19.6. The Labute approximate surface area is 282 Å². The van der Waals surface area contributed by atoms with Gasteiger partial charge in [0.05, 0.1) is 48.8 Å². The third-order valence-corrected chi connectivity index (χ3v) is 8.75. The van der Waals surface area contributed by atoms with Gasteiger partial charge in [-0.1, -0.05) is 68.4 Å². The summed E-state index contributed by atoms with van der Waals surface area (Å²) in [7, 11) is 0. The molecule has 0 aromatic rings. The number of rotatable bonds is 20. The number of carbonyl (C=O) groups excluding carboxylic acids is 2. The summed E-state index contributed by atoms with van der Waals surface area (Å²) in [5.41, 5.74) is 6.05. The van der Waals surface area contributed by atoms with Gasteiger partial charge in [0.2, 0.25) is 0 Å². The van der Waals surface area contributed by atoms with Gasteiger partial charge in [-0.2, -0.15) is 0 Å². The molecule has 10 nitrogen and oxygen atoms in total. The molecule has 2 aliphatic rings. The predicted molar refractivity (Wildman–Crippen MR) is 182 cm³/mol. The largest absolute Gasteiger partial charge is 0.463 e. The maximum atomic E-state index is 12.2. The molecule has 0 bridgehead atoms. The lowest BCUT2D eigenvalue weighted by molar-refractivity contribution is -0.284. The minimum atomic E-state index is -1.19. The average molecular weight is 664 g/mol. The first-order valence-electron chi connectivity index (χ1n) is 17.5. The van der Waals surface area contributed by atoms with Crippen molar-refractivity contribution in [1.82, 2.24) is 0 Å². The third-order valence-electron chi connectivity index (χ3n) is 8.75. The second kappa shape index (κ2) is 22.5. The number of hydrogen-bond acceptors (Lipinski definition) is 10. The van der Waals surface area contributed by atoms with Crippen molar-refractivity contribution >= 4 is 11.8 Å². The highest BCUT2D eigenvalue weighted by Crippen LogP contribution is 2.33. The fraction of sp³-hybridized carbons (Fsp3) is 0.730. The Bertz CT molecular complexity index is 1030. The summed E-state index contributed by atoms with van der Waals surface area (Å²) < 4.78 is 23.7. The Balaban J connectivity index is 1.91. The molecule has 268 valence electrons. The maximum absolute atomic E-state index is 12.2. The number of hydrogen-bond donors (Lipinski definition) is 4. The average Bonchev–Trinajstić information content (AvgIpc) is 3.01. The van der Waals surface area contributed by atoms with Gasteiger partial charge in [0.25, 0.3) is 0 Å². The van der Waals surface area contributed by atoms with Gasteiger partial charge >= 0.3 is 5.97 Å². The number of carbonyl (C=O) groups is 2. The summed E-state index contributed by atoms with van der Waals surface area (Å²) in [5, 5.41) is 31.9. The molecule has 5 N–H and O–H groups in total.